The van der Waals surface area contributed by atoms with E-state index in [-0.39, 0.29) is 11.8 Å². The molecule has 212 valence electrons. The number of hydrogen-bond acceptors (Lipinski definition) is 2. The summed E-state index contributed by atoms with van der Waals surface area (Å²) in [5, 5.41) is 12.8. The Bertz CT molecular complexity index is 2410. The molecule has 2 amide bonds. The molecule has 3 nitrogen and oxygen atoms in total. The molecular weight excluding hydrogens is 550 g/mol. The van der Waals surface area contributed by atoms with E-state index in [1.807, 2.05) is 73.7 Å². The molecule has 45 heavy (non-hydrogen) atoms. The average Bonchev–Trinajstić information content (AvgIpc) is 3.09. The summed E-state index contributed by atoms with van der Waals surface area (Å²) in [6.45, 7) is 1.94. The molecule has 0 radical (unpaired) electrons. The lowest BCUT2D eigenvalue weighted by Gasteiger charge is -2.29. The maximum absolute atomic E-state index is 14.9. The van der Waals surface area contributed by atoms with Crippen LogP contribution in [0.25, 0.3) is 64.6 Å². The fraction of sp³-hybridized carbons (Fsp3) is 0.0476. The molecule has 3 heteroatoms. The first kappa shape index (κ1) is 25.7. The number of carbonyl (C=O) groups is 2. The largest absolute Gasteiger partial charge is 0.269 e. The van der Waals surface area contributed by atoms with E-state index >= 15 is 0 Å². The van der Waals surface area contributed by atoms with E-state index in [4.69, 9.17) is 0 Å². The maximum Gasteiger partial charge on any atom is 0.261 e. The fourth-order valence-corrected chi connectivity index (χ4v) is 7.43. The van der Waals surface area contributed by atoms with Crippen LogP contribution in [-0.2, 0) is 0 Å². The van der Waals surface area contributed by atoms with Gasteiger partial charge in [-0.25, -0.2) is 0 Å². The Morgan fingerprint density at radius 3 is 1.24 bits per heavy atom. The van der Waals surface area contributed by atoms with E-state index in [1.165, 1.54) is 4.90 Å². The minimum atomic E-state index is -0.497. The number of nitrogens with zero attached hydrogens (tertiary/aromatic N) is 1. The van der Waals surface area contributed by atoms with Crippen LogP contribution in [0, 0.1) is 0 Å². The van der Waals surface area contributed by atoms with Crippen molar-refractivity contribution in [2.24, 2.45) is 0 Å². The zero-order valence-electron chi connectivity index (χ0n) is 24.6. The highest BCUT2D eigenvalue weighted by molar-refractivity contribution is 6.30. The van der Waals surface area contributed by atoms with Crippen molar-refractivity contribution < 1.29 is 9.59 Å². The van der Waals surface area contributed by atoms with Crippen LogP contribution in [0.15, 0.2) is 140 Å². The molecule has 9 aromatic rings. The molecule has 0 aromatic heterocycles. The molecule has 0 heterocycles. The van der Waals surface area contributed by atoms with Gasteiger partial charge in [0, 0.05) is 11.1 Å². The van der Waals surface area contributed by atoms with Gasteiger partial charge in [0.1, 0.15) is 0 Å². The Morgan fingerprint density at radius 2 is 0.800 bits per heavy atom. The fourth-order valence-electron chi connectivity index (χ4n) is 7.43. The quantitative estimate of drug-likeness (QED) is 0.154. The zero-order valence-corrected chi connectivity index (χ0v) is 24.6. The third-order valence-corrected chi connectivity index (χ3v) is 9.63. The third-order valence-electron chi connectivity index (χ3n) is 9.63. The third kappa shape index (κ3) is 3.71. The smallest absolute Gasteiger partial charge is 0.261 e. The minimum absolute atomic E-state index is 0.306. The molecule has 0 spiro atoms. The van der Waals surface area contributed by atoms with Crippen molar-refractivity contribution in [1.82, 2.24) is 4.90 Å². The second kappa shape index (κ2) is 9.60. The van der Waals surface area contributed by atoms with Gasteiger partial charge in [-0.15, -0.1) is 0 Å². The van der Waals surface area contributed by atoms with Gasteiger partial charge in [-0.3, -0.25) is 14.5 Å². The van der Waals surface area contributed by atoms with Crippen LogP contribution in [0.5, 0.6) is 0 Å². The lowest BCUT2D eigenvalue weighted by Crippen LogP contribution is -2.39. The minimum Gasteiger partial charge on any atom is -0.269 e. The van der Waals surface area contributed by atoms with Gasteiger partial charge >= 0.3 is 0 Å². The number of benzene rings is 9. The SMILES string of the molecule is C[C@H](c1ccccc1)N(C(=O)c1ccc2ccc3cccc4ccc1c2c34)C(=O)c1ccc2ccc3cccc4ccc1c2c34. The first-order valence-corrected chi connectivity index (χ1v) is 15.3. The predicted molar refractivity (Wildman–Crippen MR) is 186 cm³/mol. The van der Waals surface area contributed by atoms with Crippen LogP contribution < -0.4 is 0 Å². The number of amides is 2. The van der Waals surface area contributed by atoms with Crippen molar-refractivity contribution >= 4 is 76.4 Å². The summed E-state index contributed by atoms with van der Waals surface area (Å²) in [5.41, 5.74) is 1.94. The van der Waals surface area contributed by atoms with Crippen molar-refractivity contribution in [3.8, 4) is 0 Å². The van der Waals surface area contributed by atoms with E-state index < -0.39 is 6.04 Å². The van der Waals surface area contributed by atoms with E-state index in [0.717, 1.165) is 70.2 Å². The average molecular weight is 578 g/mol. The molecule has 9 rings (SSSR count). The highest BCUT2D eigenvalue weighted by atomic mass is 16.2. The lowest BCUT2D eigenvalue weighted by atomic mass is 9.90. The monoisotopic (exact) mass is 577 g/mol. The number of rotatable bonds is 4. The molecular formula is C42H27NO2. The molecule has 0 fully saturated rings. The van der Waals surface area contributed by atoms with E-state index in [0.29, 0.717) is 11.1 Å². The molecule has 0 aliphatic carbocycles. The Hall–Kier alpha value is -5.80. The molecule has 0 N–H and O–H groups in total. The summed E-state index contributed by atoms with van der Waals surface area (Å²) >= 11 is 0. The summed E-state index contributed by atoms with van der Waals surface area (Å²) in [4.78, 5) is 31.3. The Labute approximate surface area is 259 Å². The van der Waals surface area contributed by atoms with Gasteiger partial charge in [-0.1, -0.05) is 127 Å². The molecule has 1 atom stereocenters. The van der Waals surface area contributed by atoms with Gasteiger partial charge in [-0.05, 0) is 89.3 Å². The van der Waals surface area contributed by atoms with E-state index in [1.54, 1.807) is 0 Å². The Morgan fingerprint density at radius 1 is 0.422 bits per heavy atom. The lowest BCUT2D eigenvalue weighted by molar-refractivity contribution is 0.0558. The van der Waals surface area contributed by atoms with Crippen LogP contribution in [-0.4, -0.2) is 16.7 Å². The number of carbonyl (C=O) groups excluding carboxylic acids is 2. The van der Waals surface area contributed by atoms with Crippen molar-refractivity contribution in [2.75, 3.05) is 0 Å². The Kier molecular flexibility index (Phi) is 5.48. The van der Waals surface area contributed by atoms with Crippen LogP contribution in [0.1, 0.15) is 39.2 Å². The van der Waals surface area contributed by atoms with Crippen LogP contribution >= 0.6 is 0 Å². The van der Waals surface area contributed by atoms with Crippen LogP contribution in [0.4, 0.5) is 0 Å². The second-order valence-corrected chi connectivity index (χ2v) is 12.0. The zero-order chi connectivity index (χ0) is 30.2. The highest BCUT2D eigenvalue weighted by Crippen LogP contribution is 2.39. The molecule has 0 aliphatic rings. The van der Waals surface area contributed by atoms with Crippen molar-refractivity contribution in [3.63, 3.8) is 0 Å². The standard InChI is InChI=1S/C42H27NO2/c1-25(26-7-3-2-4-8-26)43(41(44)35-23-19-31-15-13-27-9-5-11-29-17-21-33(35)39(31)37(27)29)42(45)36-24-20-32-16-14-28-10-6-12-30-18-22-34(36)40(32)38(28)30/h2-25H,1H3/t25-/m1/s1. The molecule has 0 bridgehead atoms. The summed E-state index contributed by atoms with van der Waals surface area (Å²) in [5.74, 6) is -0.611. The first-order chi connectivity index (χ1) is 22.1. The summed E-state index contributed by atoms with van der Waals surface area (Å²) in [6, 6.07) is 46.3. The number of hydrogen-bond donors (Lipinski definition) is 0. The van der Waals surface area contributed by atoms with Crippen molar-refractivity contribution in [1.29, 1.82) is 0 Å². The maximum atomic E-state index is 14.9. The van der Waals surface area contributed by atoms with Gasteiger partial charge in [0.15, 0.2) is 0 Å². The first-order valence-electron chi connectivity index (χ1n) is 15.3. The van der Waals surface area contributed by atoms with Crippen molar-refractivity contribution in [2.45, 2.75) is 13.0 Å². The summed E-state index contributed by atoms with van der Waals surface area (Å²) < 4.78 is 0. The van der Waals surface area contributed by atoms with Gasteiger partial charge in [0.2, 0.25) is 0 Å². The van der Waals surface area contributed by atoms with Gasteiger partial charge in [0.25, 0.3) is 11.8 Å². The van der Waals surface area contributed by atoms with Crippen molar-refractivity contribution in [3.05, 3.63) is 156 Å². The number of imide groups is 1. The highest BCUT2D eigenvalue weighted by Gasteiger charge is 2.32. The van der Waals surface area contributed by atoms with Gasteiger partial charge in [0.05, 0.1) is 6.04 Å². The molecule has 0 unspecified atom stereocenters. The molecule has 0 aliphatic heterocycles. The van der Waals surface area contributed by atoms with Gasteiger partial charge < -0.3 is 0 Å². The molecule has 0 saturated carbocycles. The van der Waals surface area contributed by atoms with Crippen LogP contribution in [0.2, 0.25) is 0 Å². The Balaban J connectivity index is 1.27. The predicted octanol–water partition coefficient (Wildman–Crippen LogP) is 10.5. The molecule has 9 aromatic carbocycles. The normalized spacial score (nSPS) is 12.6. The van der Waals surface area contributed by atoms with E-state index in [2.05, 4.69) is 72.8 Å². The summed E-state index contributed by atoms with van der Waals surface area (Å²) in [6.07, 6.45) is 0. The molecule has 0 saturated heterocycles. The summed E-state index contributed by atoms with van der Waals surface area (Å²) in [7, 11) is 0. The topological polar surface area (TPSA) is 37.4 Å². The van der Waals surface area contributed by atoms with E-state index in [9.17, 15) is 9.59 Å². The second-order valence-electron chi connectivity index (χ2n) is 12.0. The van der Waals surface area contributed by atoms with Gasteiger partial charge in [-0.2, -0.15) is 0 Å². The van der Waals surface area contributed by atoms with Crippen LogP contribution in [0.3, 0.4) is 0 Å².